The standard InChI is InChI=1S/C18H18N2O2/c1-12-7-6-10-16(19-12)20-17(21)11-15(18(20)22)13(2)14-8-4-3-5-9-14/h3-10,13,15H,11H2,1-2H3. The van der Waals surface area contributed by atoms with Crippen LogP contribution in [0.2, 0.25) is 0 Å². The lowest BCUT2D eigenvalue weighted by Gasteiger charge is -2.19. The highest BCUT2D eigenvalue weighted by atomic mass is 16.2. The van der Waals surface area contributed by atoms with E-state index in [1.807, 2.05) is 56.3 Å². The number of amides is 2. The van der Waals surface area contributed by atoms with Gasteiger partial charge in [0.05, 0.1) is 5.92 Å². The van der Waals surface area contributed by atoms with Gasteiger partial charge in [0, 0.05) is 12.1 Å². The lowest BCUT2D eigenvalue weighted by atomic mass is 9.86. The molecular weight excluding hydrogens is 276 g/mol. The first-order valence-corrected chi connectivity index (χ1v) is 7.43. The van der Waals surface area contributed by atoms with Crippen molar-refractivity contribution in [1.29, 1.82) is 0 Å². The Morgan fingerprint density at radius 2 is 1.82 bits per heavy atom. The number of aryl methyl sites for hydroxylation is 1. The Morgan fingerprint density at radius 3 is 2.50 bits per heavy atom. The second-order valence-electron chi connectivity index (χ2n) is 5.71. The lowest BCUT2D eigenvalue weighted by molar-refractivity contribution is -0.122. The normalized spacial score (nSPS) is 19.5. The van der Waals surface area contributed by atoms with Crippen molar-refractivity contribution < 1.29 is 9.59 Å². The monoisotopic (exact) mass is 294 g/mol. The fourth-order valence-corrected chi connectivity index (χ4v) is 2.93. The zero-order chi connectivity index (χ0) is 15.7. The molecule has 3 rings (SSSR count). The van der Waals surface area contributed by atoms with E-state index in [0.717, 1.165) is 11.3 Å². The molecule has 1 saturated heterocycles. The topological polar surface area (TPSA) is 50.3 Å². The molecule has 2 unspecified atom stereocenters. The first kappa shape index (κ1) is 14.4. The van der Waals surface area contributed by atoms with E-state index in [0.29, 0.717) is 5.82 Å². The molecule has 4 nitrogen and oxygen atoms in total. The molecule has 2 atom stereocenters. The Kier molecular flexibility index (Phi) is 3.75. The number of nitrogens with zero attached hydrogens (tertiary/aromatic N) is 2. The van der Waals surface area contributed by atoms with E-state index < -0.39 is 0 Å². The third-order valence-corrected chi connectivity index (χ3v) is 4.21. The summed E-state index contributed by atoms with van der Waals surface area (Å²) < 4.78 is 0. The summed E-state index contributed by atoms with van der Waals surface area (Å²) in [6, 6.07) is 15.2. The Labute approximate surface area is 129 Å². The molecule has 0 radical (unpaired) electrons. The maximum absolute atomic E-state index is 12.7. The predicted octanol–water partition coefficient (Wildman–Crippen LogP) is 3.07. The molecule has 1 aliphatic heterocycles. The van der Waals surface area contributed by atoms with Crippen LogP contribution < -0.4 is 4.90 Å². The fourth-order valence-electron chi connectivity index (χ4n) is 2.93. The van der Waals surface area contributed by atoms with Gasteiger partial charge in [0.15, 0.2) is 0 Å². The summed E-state index contributed by atoms with van der Waals surface area (Å²) in [4.78, 5) is 30.6. The highest BCUT2D eigenvalue weighted by molar-refractivity contribution is 6.20. The van der Waals surface area contributed by atoms with Crippen LogP contribution in [0.1, 0.15) is 30.5 Å². The van der Waals surface area contributed by atoms with Gasteiger partial charge in [-0.25, -0.2) is 9.88 Å². The van der Waals surface area contributed by atoms with Gasteiger partial charge < -0.3 is 0 Å². The number of hydrogen-bond acceptors (Lipinski definition) is 3. The number of benzene rings is 1. The summed E-state index contributed by atoms with van der Waals surface area (Å²) in [6.07, 6.45) is 0.241. The van der Waals surface area contributed by atoms with Gasteiger partial charge in [-0.15, -0.1) is 0 Å². The van der Waals surface area contributed by atoms with Gasteiger partial charge in [-0.2, -0.15) is 0 Å². The van der Waals surface area contributed by atoms with Crippen LogP contribution in [-0.4, -0.2) is 16.8 Å². The summed E-state index contributed by atoms with van der Waals surface area (Å²) in [5.74, 6) is -0.210. The molecule has 1 aliphatic rings. The molecule has 0 saturated carbocycles. The van der Waals surface area contributed by atoms with Crippen LogP contribution in [0.15, 0.2) is 48.5 Å². The quantitative estimate of drug-likeness (QED) is 0.817. The van der Waals surface area contributed by atoms with Crippen molar-refractivity contribution in [2.75, 3.05) is 4.90 Å². The first-order valence-electron chi connectivity index (χ1n) is 7.43. The number of carbonyl (C=O) groups is 2. The van der Waals surface area contributed by atoms with Crippen molar-refractivity contribution >= 4 is 17.6 Å². The maximum Gasteiger partial charge on any atom is 0.239 e. The fraction of sp³-hybridized carbons (Fsp3) is 0.278. The Morgan fingerprint density at radius 1 is 1.09 bits per heavy atom. The van der Waals surface area contributed by atoms with Crippen LogP contribution in [0.5, 0.6) is 0 Å². The number of imide groups is 1. The minimum Gasteiger partial charge on any atom is -0.274 e. The van der Waals surface area contributed by atoms with E-state index in [4.69, 9.17) is 0 Å². The third-order valence-electron chi connectivity index (χ3n) is 4.21. The summed E-state index contributed by atoms with van der Waals surface area (Å²) in [5.41, 5.74) is 1.87. The second-order valence-corrected chi connectivity index (χ2v) is 5.71. The van der Waals surface area contributed by atoms with Crippen LogP contribution >= 0.6 is 0 Å². The van der Waals surface area contributed by atoms with Gasteiger partial charge in [0.1, 0.15) is 5.82 Å². The van der Waals surface area contributed by atoms with Crippen LogP contribution in [0.4, 0.5) is 5.82 Å². The molecule has 22 heavy (non-hydrogen) atoms. The summed E-state index contributed by atoms with van der Waals surface area (Å²) in [5, 5.41) is 0. The lowest BCUT2D eigenvalue weighted by Crippen LogP contribution is -2.32. The van der Waals surface area contributed by atoms with Gasteiger partial charge in [-0.3, -0.25) is 9.59 Å². The van der Waals surface area contributed by atoms with Gasteiger partial charge in [0.2, 0.25) is 11.8 Å². The van der Waals surface area contributed by atoms with Gasteiger partial charge in [-0.1, -0.05) is 43.3 Å². The number of anilines is 1. The van der Waals surface area contributed by atoms with Crippen molar-refractivity contribution in [3.8, 4) is 0 Å². The van der Waals surface area contributed by atoms with Crippen molar-refractivity contribution in [2.45, 2.75) is 26.2 Å². The molecule has 0 bridgehead atoms. The van der Waals surface area contributed by atoms with E-state index >= 15 is 0 Å². The van der Waals surface area contributed by atoms with E-state index in [9.17, 15) is 9.59 Å². The average Bonchev–Trinajstić information content (AvgIpc) is 2.82. The van der Waals surface area contributed by atoms with E-state index in [1.54, 1.807) is 6.07 Å². The number of hydrogen-bond donors (Lipinski definition) is 0. The molecule has 112 valence electrons. The van der Waals surface area contributed by atoms with Crippen molar-refractivity contribution in [3.05, 3.63) is 59.8 Å². The smallest absolute Gasteiger partial charge is 0.239 e. The van der Waals surface area contributed by atoms with Crippen molar-refractivity contribution in [2.24, 2.45) is 5.92 Å². The third kappa shape index (κ3) is 2.52. The largest absolute Gasteiger partial charge is 0.274 e. The molecule has 1 fully saturated rings. The summed E-state index contributed by atoms with van der Waals surface area (Å²) in [7, 11) is 0. The van der Waals surface area contributed by atoms with E-state index in [1.165, 1.54) is 4.90 Å². The minimum atomic E-state index is -0.322. The molecule has 0 spiro atoms. The average molecular weight is 294 g/mol. The Hall–Kier alpha value is -2.49. The highest BCUT2D eigenvalue weighted by Crippen LogP contribution is 2.35. The zero-order valence-electron chi connectivity index (χ0n) is 12.7. The second kappa shape index (κ2) is 5.72. The van der Waals surface area contributed by atoms with Crippen LogP contribution in [0.25, 0.3) is 0 Å². The molecule has 0 N–H and O–H groups in total. The van der Waals surface area contributed by atoms with Gasteiger partial charge >= 0.3 is 0 Å². The molecule has 2 aromatic rings. The van der Waals surface area contributed by atoms with Crippen LogP contribution in [0.3, 0.4) is 0 Å². The first-order chi connectivity index (χ1) is 10.6. The molecule has 2 amide bonds. The van der Waals surface area contributed by atoms with Gasteiger partial charge in [-0.05, 0) is 30.5 Å². The zero-order valence-corrected chi connectivity index (χ0v) is 12.7. The molecule has 2 heterocycles. The van der Waals surface area contributed by atoms with Crippen molar-refractivity contribution in [1.82, 2.24) is 4.98 Å². The molecule has 1 aromatic heterocycles. The summed E-state index contributed by atoms with van der Waals surface area (Å²) >= 11 is 0. The molecular formula is C18H18N2O2. The molecule has 1 aromatic carbocycles. The van der Waals surface area contributed by atoms with Crippen molar-refractivity contribution in [3.63, 3.8) is 0 Å². The predicted molar refractivity (Wildman–Crippen MR) is 84.4 cm³/mol. The van der Waals surface area contributed by atoms with Crippen LogP contribution in [0, 0.1) is 12.8 Å². The van der Waals surface area contributed by atoms with E-state index in [2.05, 4.69) is 4.98 Å². The SMILES string of the molecule is Cc1cccc(N2C(=O)CC(C(C)c3ccccc3)C2=O)n1. The Bertz CT molecular complexity index is 712. The number of aromatic nitrogens is 1. The van der Waals surface area contributed by atoms with Gasteiger partial charge in [0.25, 0.3) is 0 Å². The Balaban J connectivity index is 1.89. The van der Waals surface area contributed by atoms with E-state index in [-0.39, 0.29) is 30.1 Å². The minimum absolute atomic E-state index is 0.00691. The molecule has 4 heteroatoms. The van der Waals surface area contributed by atoms with Crippen LogP contribution in [-0.2, 0) is 9.59 Å². The number of pyridine rings is 1. The maximum atomic E-state index is 12.7. The number of carbonyl (C=O) groups excluding carboxylic acids is 2. The summed E-state index contributed by atoms with van der Waals surface area (Å²) in [6.45, 7) is 3.84. The number of rotatable bonds is 3. The highest BCUT2D eigenvalue weighted by Gasteiger charge is 2.43. The molecule has 0 aliphatic carbocycles.